The third-order valence-corrected chi connectivity index (χ3v) is 0.837. The van der Waals surface area contributed by atoms with Crippen LogP contribution in [0.5, 0.6) is 0 Å². The van der Waals surface area contributed by atoms with Crippen LogP contribution in [0.4, 0.5) is 4.79 Å². The predicted octanol–water partition coefficient (Wildman–Crippen LogP) is -2.49. The van der Waals surface area contributed by atoms with Gasteiger partial charge < -0.3 is 21.7 Å². The topological polar surface area (TPSA) is 42.9 Å². The van der Waals surface area contributed by atoms with Gasteiger partial charge in [0.05, 0.1) is 12.1 Å². The number of carbonyl (C=O) groups is 1. The van der Waals surface area contributed by atoms with E-state index in [0.717, 1.165) is 0 Å². The molecule has 0 aliphatic rings. The lowest BCUT2D eigenvalue weighted by Gasteiger charge is -2.13. The molecule has 0 bridgehead atoms. The smallest absolute Gasteiger partial charge is 0.513 e. The number of carbonyl (C=O) groups excluding carboxylic acids is 1. The molecule has 0 spiro atoms. The second kappa shape index (κ2) is 5.55. The molecule has 0 aromatic carbocycles. The van der Waals surface area contributed by atoms with Crippen molar-refractivity contribution in [1.82, 2.24) is 0 Å². The summed E-state index contributed by atoms with van der Waals surface area (Å²) in [7, 11) is 0. The van der Waals surface area contributed by atoms with Crippen LogP contribution >= 0.6 is 0 Å². The summed E-state index contributed by atoms with van der Waals surface area (Å²) in [6.07, 6.45) is -0.227. The van der Waals surface area contributed by atoms with Crippen molar-refractivity contribution in [2.75, 3.05) is 6.61 Å². The van der Waals surface area contributed by atoms with E-state index in [-0.39, 0.29) is 28.6 Å². The second-order valence-electron chi connectivity index (χ2n) is 3.26. The molecule has 0 aliphatic heterocycles. The van der Waals surface area contributed by atoms with Crippen molar-refractivity contribution in [3.8, 4) is 0 Å². The molecule has 0 aromatic rings. The summed E-state index contributed by atoms with van der Waals surface area (Å²) >= 11 is 0. The molecule has 2 N–H and O–H groups in total. The lowest BCUT2D eigenvalue weighted by molar-refractivity contribution is -0.638. The minimum absolute atomic E-state index is 0. The second-order valence-corrected chi connectivity index (χ2v) is 3.26. The summed E-state index contributed by atoms with van der Waals surface area (Å²) in [5.41, 5.74) is -0.0771. The molecule has 11 heavy (non-hydrogen) atoms. The van der Waals surface area contributed by atoms with Gasteiger partial charge in [-0.15, -0.1) is 0 Å². The molecular weight excluding hydrogens is 210 g/mol. The van der Waals surface area contributed by atoms with E-state index in [1.54, 1.807) is 12.2 Å². The average Bonchev–Trinajstić information content (AvgIpc) is 1.59. The SMILES string of the molecule is CCOC(=O)[NH2+]C(C)(C)C.[Br-]. The van der Waals surface area contributed by atoms with Gasteiger partial charge >= 0.3 is 6.09 Å². The Kier molecular flexibility index (Phi) is 6.81. The number of nitrogens with two attached hydrogens (primary N) is 1. The number of amides is 1. The highest BCUT2D eigenvalue weighted by Crippen LogP contribution is 1.88. The highest BCUT2D eigenvalue weighted by Gasteiger charge is 2.19. The van der Waals surface area contributed by atoms with Crippen LogP contribution in [-0.4, -0.2) is 18.2 Å². The number of hydrogen-bond acceptors (Lipinski definition) is 2. The van der Waals surface area contributed by atoms with Crippen LogP contribution in [0.15, 0.2) is 0 Å². The fourth-order valence-corrected chi connectivity index (χ4v) is 0.537. The first-order chi connectivity index (χ1) is 4.45. The molecular formula is C7H16BrNO2. The van der Waals surface area contributed by atoms with Gasteiger partial charge in [-0.05, 0) is 27.7 Å². The zero-order valence-electron chi connectivity index (χ0n) is 7.48. The minimum atomic E-state index is -0.227. The monoisotopic (exact) mass is 225 g/mol. The fourth-order valence-electron chi connectivity index (χ4n) is 0.537. The van der Waals surface area contributed by atoms with Gasteiger partial charge in [0.1, 0.15) is 0 Å². The zero-order valence-corrected chi connectivity index (χ0v) is 9.06. The van der Waals surface area contributed by atoms with E-state index in [1.165, 1.54) is 0 Å². The Morgan fingerprint density at radius 3 is 2.18 bits per heavy atom. The molecule has 0 saturated carbocycles. The Balaban J connectivity index is 0. The molecule has 0 heterocycles. The van der Waals surface area contributed by atoms with E-state index < -0.39 is 0 Å². The van der Waals surface area contributed by atoms with E-state index in [0.29, 0.717) is 6.61 Å². The summed E-state index contributed by atoms with van der Waals surface area (Å²) in [5.74, 6) is 0. The van der Waals surface area contributed by atoms with Gasteiger partial charge in [0.2, 0.25) is 0 Å². The highest BCUT2D eigenvalue weighted by atomic mass is 79.9. The molecule has 0 fully saturated rings. The number of halogens is 1. The molecule has 0 aromatic heterocycles. The lowest BCUT2D eigenvalue weighted by atomic mass is 10.1. The maximum Gasteiger partial charge on any atom is 0.513 e. The predicted molar refractivity (Wildman–Crippen MR) is 38.7 cm³/mol. The van der Waals surface area contributed by atoms with Gasteiger partial charge in [-0.25, -0.2) is 5.32 Å². The van der Waals surface area contributed by atoms with Crippen molar-refractivity contribution in [3.63, 3.8) is 0 Å². The van der Waals surface area contributed by atoms with Crippen molar-refractivity contribution in [1.29, 1.82) is 0 Å². The Labute approximate surface area is 78.3 Å². The van der Waals surface area contributed by atoms with Gasteiger partial charge in [0.25, 0.3) is 0 Å². The number of quaternary nitrogens is 1. The average molecular weight is 226 g/mol. The quantitative estimate of drug-likeness (QED) is 0.537. The molecule has 0 aliphatic carbocycles. The van der Waals surface area contributed by atoms with Crippen molar-refractivity contribution >= 4 is 6.09 Å². The largest absolute Gasteiger partial charge is 1.00 e. The fraction of sp³-hybridized carbons (Fsp3) is 0.857. The van der Waals surface area contributed by atoms with E-state index in [4.69, 9.17) is 4.74 Å². The minimum Gasteiger partial charge on any atom is -1.00 e. The Hall–Kier alpha value is -0.0900. The number of hydrogen-bond donors (Lipinski definition) is 1. The van der Waals surface area contributed by atoms with Gasteiger partial charge in [0.15, 0.2) is 0 Å². The van der Waals surface area contributed by atoms with E-state index in [1.807, 2.05) is 20.8 Å². The van der Waals surface area contributed by atoms with Crippen LogP contribution in [0.1, 0.15) is 27.7 Å². The maximum atomic E-state index is 10.8. The lowest BCUT2D eigenvalue weighted by Crippen LogP contribution is -3.00. The third kappa shape index (κ3) is 9.91. The van der Waals surface area contributed by atoms with Crippen LogP contribution in [0.25, 0.3) is 0 Å². The molecule has 0 atom stereocenters. The number of ether oxygens (including phenoxy) is 1. The Morgan fingerprint density at radius 2 is 1.91 bits per heavy atom. The number of rotatable bonds is 1. The van der Waals surface area contributed by atoms with E-state index in [9.17, 15) is 4.79 Å². The summed E-state index contributed by atoms with van der Waals surface area (Å²) in [5, 5.41) is 1.58. The summed E-state index contributed by atoms with van der Waals surface area (Å²) < 4.78 is 4.72. The van der Waals surface area contributed by atoms with Crippen LogP contribution in [-0.2, 0) is 4.74 Å². The molecule has 0 unspecified atom stereocenters. The van der Waals surface area contributed by atoms with E-state index >= 15 is 0 Å². The van der Waals surface area contributed by atoms with Gasteiger partial charge in [-0.3, -0.25) is 0 Å². The summed E-state index contributed by atoms with van der Waals surface area (Å²) in [6.45, 7) is 8.14. The third-order valence-electron chi connectivity index (χ3n) is 0.837. The van der Waals surface area contributed by atoms with Crippen molar-refractivity contribution in [3.05, 3.63) is 0 Å². The number of primary amides is 1. The van der Waals surface area contributed by atoms with Crippen LogP contribution in [0.2, 0.25) is 0 Å². The maximum absolute atomic E-state index is 10.8. The summed E-state index contributed by atoms with van der Waals surface area (Å²) in [6, 6.07) is 0. The Morgan fingerprint density at radius 1 is 1.45 bits per heavy atom. The first kappa shape index (κ1) is 13.5. The van der Waals surface area contributed by atoms with Crippen LogP contribution < -0.4 is 22.3 Å². The van der Waals surface area contributed by atoms with Gasteiger partial charge in [0, 0.05) is 0 Å². The Bertz CT molecular complexity index is 120. The first-order valence-electron chi connectivity index (χ1n) is 3.48. The zero-order chi connectivity index (χ0) is 8.20. The van der Waals surface area contributed by atoms with Crippen LogP contribution in [0, 0.1) is 0 Å². The molecule has 3 nitrogen and oxygen atoms in total. The standard InChI is InChI=1S/C7H15NO2.BrH/c1-5-10-6(9)8-7(2,3)4;/h5H2,1-4H3,(H,8,9);1H. The summed E-state index contributed by atoms with van der Waals surface area (Å²) in [4.78, 5) is 10.8. The van der Waals surface area contributed by atoms with E-state index in [2.05, 4.69) is 0 Å². The molecule has 1 amide bonds. The molecule has 0 radical (unpaired) electrons. The first-order valence-corrected chi connectivity index (χ1v) is 3.48. The molecule has 68 valence electrons. The highest BCUT2D eigenvalue weighted by molar-refractivity contribution is 5.55. The van der Waals surface area contributed by atoms with Crippen molar-refractivity contribution in [2.24, 2.45) is 0 Å². The molecule has 4 heteroatoms. The van der Waals surface area contributed by atoms with Gasteiger partial charge in [-0.1, -0.05) is 0 Å². The van der Waals surface area contributed by atoms with Crippen molar-refractivity contribution in [2.45, 2.75) is 33.2 Å². The molecule has 0 saturated heterocycles. The normalized spacial score (nSPS) is 10.2. The molecule has 0 rings (SSSR count). The van der Waals surface area contributed by atoms with Crippen molar-refractivity contribution < 1.29 is 31.8 Å². The van der Waals surface area contributed by atoms with Gasteiger partial charge in [-0.2, -0.15) is 4.79 Å². The van der Waals surface area contributed by atoms with Crippen LogP contribution in [0.3, 0.4) is 0 Å².